The molecule has 2 saturated heterocycles. The van der Waals surface area contributed by atoms with E-state index in [4.69, 9.17) is 0 Å². The molecule has 2 aromatic rings. The summed E-state index contributed by atoms with van der Waals surface area (Å²) in [6.07, 6.45) is 5.64. The fraction of sp³-hybridized carbons (Fsp3) is 0.500. The van der Waals surface area contributed by atoms with Crippen LogP contribution in [0.5, 0.6) is 0 Å². The van der Waals surface area contributed by atoms with Gasteiger partial charge >= 0.3 is 0 Å². The lowest BCUT2D eigenvalue weighted by atomic mass is 10.0. The molecule has 3 heterocycles. The molecule has 7 nitrogen and oxygen atoms in total. The van der Waals surface area contributed by atoms with E-state index < -0.39 is 0 Å². The van der Waals surface area contributed by atoms with Gasteiger partial charge in [-0.2, -0.15) is 5.10 Å². The maximum atomic E-state index is 12.6. The molecule has 30 heavy (non-hydrogen) atoms. The number of piperidine rings is 2. The van der Waals surface area contributed by atoms with E-state index in [0.29, 0.717) is 24.8 Å². The van der Waals surface area contributed by atoms with Gasteiger partial charge in [-0.3, -0.25) is 14.3 Å². The molecule has 0 radical (unpaired) electrons. The first kappa shape index (κ1) is 22.3. The van der Waals surface area contributed by atoms with Gasteiger partial charge in [0, 0.05) is 37.4 Å². The highest BCUT2D eigenvalue weighted by atomic mass is 35.5. The second-order valence-electron chi connectivity index (χ2n) is 8.09. The van der Waals surface area contributed by atoms with Gasteiger partial charge in [0.2, 0.25) is 0 Å². The molecule has 1 unspecified atom stereocenters. The zero-order chi connectivity index (χ0) is 20.2. The number of halogens is 1. The number of nitrogens with zero attached hydrogens (tertiary/aromatic N) is 3. The van der Waals surface area contributed by atoms with Gasteiger partial charge in [0.1, 0.15) is 5.69 Å². The van der Waals surface area contributed by atoms with E-state index >= 15 is 0 Å². The smallest absolute Gasteiger partial charge is 0.271 e. The summed E-state index contributed by atoms with van der Waals surface area (Å²) in [4.78, 5) is 27.1. The van der Waals surface area contributed by atoms with Crippen molar-refractivity contribution in [1.82, 2.24) is 25.3 Å². The number of aromatic nitrogens is 2. The lowest BCUT2D eigenvalue weighted by Crippen LogP contribution is -2.46. The minimum atomic E-state index is -0.129. The Bertz CT molecular complexity index is 853. The van der Waals surface area contributed by atoms with E-state index in [9.17, 15) is 9.59 Å². The van der Waals surface area contributed by atoms with E-state index in [2.05, 4.69) is 15.7 Å². The Balaban J connectivity index is 0.00000256. The highest BCUT2D eigenvalue weighted by Gasteiger charge is 2.26. The Morgan fingerprint density at radius 1 is 1.10 bits per heavy atom. The van der Waals surface area contributed by atoms with Crippen molar-refractivity contribution in [3.63, 3.8) is 0 Å². The fourth-order valence-electron chi connectivity index (χ4n) is 4.09. The molecule has 8 heteroatoms. The highest BCUT2D eigenvalue weighted by molar-refractivity contribution is 5.94. The summed E-state index contributed by atoms with van der Waals surface area (Å²) in [5, 5.41) is 11.0. The lowest BCUT2D eigenvalue weighted by molar-refractivity contribution is 0.0697. The van der Waals surface area contributed by atoms with Crippen LogP contribution < -0.4 is 10.6 Å². The highest BCUT2D eigenvalue weighted by Crippen LogP contribution is 2.17. The number of nitrogens with one attached hydrogen (secondary N) is 2. The molecule has 2 aliphatic rings. The van der Waals surface area contributed by atoms with Crippen LogP contribution in [0, 0.1) is 6.92 Å². The van der Waals surface area contributed by atoms with Crippen molar-refractivity contribution in [2.75, 3.05) is 26.2 Å². The van der Waals surface area contributed by atoms with Gasteiger partial charge in [0.05, 0.1) is 6.04 Å². The van der Waals surface area contributed by atoms with Gasteiger partial charge < -0.3 is 15.5 Å². The first-order chi connectivity index (χ1) is 14.1. The van der Waals surface area contributed by atoms with Crippen molar-refractivity contribution in [3.8, 4) is 0 Å². The maximum absolute atomic E-state index is 12.6. The molecule has 2 amide bonds. The number of benzene rings is 1. The van der Waals surface area contributed by atoms with Gasteiger partial charge in [-0.05, 0) is 57.4 Å². The minimum Gasteiger partial charge on any atom is -0.348 e. The van der Waals surface area contributed by atoms with Crippen LogP contribution in [0.3, 0.4) is 0 Å². The third-order valence-electron chi connectivity index (χ3n) is 5.90. The van der Waals surface area contributed by atoms with Gasteiger partial charge in [-0.15, -0.1) is 12.4 Å². The first-order valence-corrected chi connectivity index (χ1v) is 10.5. The number of carbonyl (C=O) groups is 2. The van der Waals surface area contributed by atoms with Crippen LogP contribution >= 0.6 is 12.4 Å². The summed E-state index contributed by atoms with van der Waals surface area (Å²) in [5.74, 6) is -0.0644. The molecule has 1 atom stereocenters. The molecule has 0 bridgehead atoms. The van der Waals surface area contributed by atoms with Gasteiger partial charge in [-0.1, -0.05) is 17.7 Å². The van der Waals surface area contributed by atoms with Crippen molar-refractivity contribution in [2.24, 2.45) is 0 Å². The summed E-state index contributed by atoms with van der Waals surface area (Å²) in [6, 6.07) is 9.87. The van der Waals surface area contributed by atoms with Crippen molar-refractivity contribution in [1.29, 1.82) is 0 Å². The van der Waals surface area contributed by atoms with Gasteiger partial charge in [0.15, 0.2) is 0 Å². The molecule has 2 aliphatic heterocycles. The first-order valence-electron chi connectivity index (χ1n) is 10.5. The Morgan fingerprint density at radius 2 is 1.83 bits per heavy atom. The van der Waals surface area contributed by atoms with Crippen molar-refractivity contribution >= 4 is 24.2 Å². The van der Waals surface area contributed by atoms with Crippen molar-refractivity contribution < 1.29 is 9.59 Å². The van der Waals surface area contributed by atoms with Crippen LogP contribution in [0.1, 0.15) is 58.1 Å². The molecular formula is C22H30ClN5O2. The Morgan fingerprint density at radius 3 is 2.50 bits per heavy atom. The maximum Gasteiger partial charge on any atom is 0.271 e. The number of hydrogen-bond acceptors (Lipinski definition) is 4. The summed E-state index contributed by atoms with van der Waals surface area (Å²) in [5.41, 5.74) is 2.33. The molecule has 1 aromatic carbocycles. The van der Waals surface area contributed by atoms with Crippen LogP contribution in [-0.4, -0.2) is 58.7 Å². The SMILES string of the molecule is Cc1ccc(C(=O)N2CCC(NC(=O)c3ccn(C4CCCNC4)n3)CC2)cc1.Cl. The number of amides is 2. The number of rotatable bonds is 4. The summed E-state index contributed by atoms with van der Waals surface area (Å²) >= 11 is 0. The zero-order valence-electron chi connectivity index (χ0n) is 17.3. The van der Waals surface area contributed by atoms with E-state index in [-0.39, 0.29) is 30.3 Å². The Hall–Kier alpha value is -2.38. The second-order valence-corrected chi connectivity index (χ2v) is 8.09. The molecule has 2 N–H and O–H groups in total. The summed E-state index contributed by atoms with van der Waals surface area (Å²) < 4.78 is 1.91. The zero-order valence-corrected chi connectivity index (χ0v) is 18.2. The molecule has 162 valence electrons. The predicted molar refractivity (Wildman–Crippen MR) is 118 cm³/mol. The van der Waals surface area contributed by atoms with Gasteiger partial charge in [-0.25, -0.2) is 0 Å². The monoisotopic (exact) mass is 431 g/mol. The molecule has 0 saturated carbocycles. The van der Waals surface area contributed by atoms with E-state index in [1.54, 1.807) is 6.07 Å². The number of aryl methyl sites for hydroxylation is 1. The molecule has 4 rings (SSSR count). The quantitative estimate of drug-likeness (QED) is 0.779. The minimum absolute atomic E-state index is 0. The normalized spacial score (nSPS) is 19.8. The van der Waals surface area contributed by atoms with Crippen molar-refractivity contribution in [2.45, 2.75) is 44.7 Å². The molecule has 2 fully saturated rings. The predicted octanol–water partition coefficient (Wildman–Crippen LogP) is 2.57. The van der Waals surface area contributed by atoms with Crippen LogP contribution in [0.2, 0.25) is 0 Å². The summed E-state index contributed by atoms with van der Waals surface area (Å²) in [7, 11) is 0. The van der Waals surface area contributed by atoms with E-state index in [0.717, 1.165) is 49.9 Å². The standard InChI is InChI=1S/C22H29N5O2.ClH/c1-16-4-6-17(7-5-16)22(29)26-12-8-18(9-13-26)24-21(28)20-10-14-27(25-20)19-3-2-11-23-15-19;/h4-7,10,14,18-19,23H,2-3,8-9,11-13,15H2,1H3,(H,24,28);1H. The third-order valence-corrected chi connectivity index (χ3v) is 5.90. The van der Waals surface area contributed by atoms with Crippen LogP contribution in [0.25, 0.3) is 0 Å². The number of likely N-dealkylation sites (tertiary alicyclic amines) is 1. The molecule has 0 aliphatic carbocycles. The molecular weight excluding hydrogens is 402 g/mol. The molecule has 1 aromatic heterocycles. The van der Waals surface area contributed by atoms with Gasteiger partial charge in [0.25, 0.3) is 11.8 Å². The van der Waals surface area contributed by atoms with E-state index in [1.165, 1.54) is 0 Å². The molecule has 0 spiro atoms. The second kappa shape index (κ2) is 10.1. The Labute approximate surface area is 183 Å². The average molecular weight is 432 g/mol. The fourth-order valence-corrected chi connectivity index (χ4v) is 4.09. The van der Waals surface area contributed by atoms with Crippen LogP contribution in [0.4, 0.5) is 0 Å². The van der Waals surface area contributed by atoms with E-state index in [1.807, 2.05) is 47.0 Å². The Kier molecular flexibility index (Phi) is 7.50. The van der Waals surface area contributed by atoms with Crippen LogP contribution in [0.15, 0.2) is 36.5 Å². The average Bonchev–Trinajstić information content (AvgIpc) is 3.26. The number of carbonyl (C=O) groups excluding carboxylic acids is 2. The van der Waals surface area contributed by atoms with Crippen LogP contribution in [-0.2, 0) is 0 Å². The number of hydrogen-bond donors (Lipinski definition) is 2. The van der Waals surface area contributed by atoms with Crippen molar-refractivity contribution in [3.05, 3.63) is 53.3 Å². The largest absolute Gasteiger partial charge is 0.348 e. The third kappa shape index (κ3) is 5.21. The summed E-state index contributed by atoms with van der Waals surface area (Å²) in [6.45, 7) is 5.27. The lowest BCUT2D eigenvalue weighted by Gasteiger charge is -2.32. The topological polar surface area (TPSA) is 79.3 Å².